The highest BCUT2D eigenvalue weighted by Crippen LogP contribution is 2.53. The zero-order valence-corrected chi connectivity index (χ0v) is 34.9. The van der Waals surface area contributed by atoms with Gasteiger partial charge in [-0.1, -0.05) is 177 Å². The SMILES string of the molecule is CCCCCCC#Cc1cc(-c2ccc(C#Cc3c4ccccc4cc4ccccc34)cc2)c(C(=O)O)c(-c2ccc(C#CC34OOC(c5ccccc53)c3ccccc34)cc2)c1. The minimum atomic E-state index is -1.08. The molecule has 11 rings (SSSR count). The van der Waals surface area contributed by atoms with Crippen molar-refractivity contribution in [2.75, 3.05) is 0 Å². The first-order valence-electron chi connectivity index (χ1n) is 21.6. The van der Waals surface area contributed by atoms with E-state index in [1.165, 1.54) is 6.42 Å². The van der Waals surface area contributed by atoms with Crippen molar-refractivity contribution in [2.24, 2.45) is 0 Å². The van der Waals surface area contributed by atoms with Gasteiger partial charge in [-0.05, 0) is 110 Å². The first-order valence-corrected chi connectivity index (χ1v) is 21.6. The van der Waals surface area contributed by atoms with Gasteiger partial charge in [-0.2, -0.15) is 0 Å². The van der Waals surface area contributed by atoms with Crippen LogP contribution < -0.4 is 0 Å². The molecule has 3 aliphatic rings. The van der Waals surface area contributed by atoms with E-state index < -0.39 is 11.6 Å². The van der Waals surface area contributed by atoms with Crippen molar-refractivity contribution in [3.05, 3.63) is 214 Å². The summed E-state index contributed by atoms with van der Waals surface area (Å²) in [5, 5.41) is 15.4. The molecule has 8 aromatic carbocycles. The molecule has 302 valence electrons. The van der Waals surface area contributed by atoms with Crippen LogP contribution in [0.4, 0.5) is 0 Å². The Morgan fingerprint density at radius 2 is 1.14 bits per heavy atom. The molecule has 0 fully saturated rings. The van der Waals surface area contributed by atoms with Crippen LogP contribution >= 0.6 is 0 Å². The van der Waals surface area contributed by atoms with Gasteiger partial charge in [0.15, 0.2) is 0 Å². The molecular formula is C59H42O4. The molecule has 0 spiro atoms. The fraction of sp³-hybridized carbons (Fsp3) is 0.136. The fourth-order valence-corrected chi connectivity index (χ4v) is 8.99. The van der Waals surface area contributed by atoms with Gasteiger partial charge in [0, 0.05) is 39.8 Å². The van der Waals surface area contributed by atoms with Crippen LogP contribution in [0.5, 0.6) is 0 Å². The van der Waals surface area contributed by atoms with Crippen LogP contribution in [-0.4, -0.2) is 11.1 Å². The van der Waals surface area contributed by atoms with Crippen LogP contribution in [0.3, 0.4) is 0 Å². The van der Waals surface area contributed by atoms with Crippen molar-refractivity contribution in [3.63, 3.8) is 0 Å². The molecule has 4 heteroatoms. The third-order valence-corrected chi connectivity index (χ3v) is 12.1. The van der Waals surface area contributed by atoms with Crippen molar-refractivity contribution >= 4 is 27.5 Å². The zero-order chi connectivity index (χ0) is 42.8. The lowest BCUT2D eigenvalue weighted by Crippen LogP contribution is -2.42. The second kappa shape index (κ2) is 17.0. The second-order valence-corrected chi connectivity index (χ2v) is 16.1. The molecule has 0 radical (unpaired) electrons. The summed E-state index contributed by atoms with van der Waals surface area (Å²) in [5.41, 5.74) is 9.22. The van der Waals surface area contributed by atoms with Gasteiger partial charge in [0.2, 0.25) is 5.60 Å². The fourth-order valence-electron chi connectivity index (χ4n) is 8.99. The summed E-state index contributed by atoms with van der Waals surface area (Å²) in [4.78, 5) is 25.4. The van der Waals surface area contributed by atoms with E-state index in [0.717, 1.165) is 103 Å². The molecule has 1 N–H and O–H groups in total. The minimum absolute atomic E-state index is 0.208. The number of aromatic carboxylic acids is 1. The molecule has 2 aliphatic heterocycles. The van der Waals surface area contributed by atoms with E-state index in [-0.39, 0.29) is 11.7 Å². The summed E-state index contributed by atoms with van der Waals surface area (Å²) >= 11 is 0. The van der Waals surface area contributed by atoms with Gasteiger partial charge in [0.05, 0.1) is 5.56 Å². The highest BCUT2D eigenvalue weighted by molar-refractivity contribution is 6.05. The first kappa shape index (κ1) is 39.5. The lowest BCUT2D eigenvalue weighted by atomic mass is 9.73. The number of hydrogen-bond donors (Lipinski definition) is 1. The number of unbranched alkanes of at least 4 members (excludes halogenated alkanes) is 4. The molecule has 0 saturated carbocycles. The molecule has 0 atom stereocenters. The van der Waals surface area contributed by atoms with E-state index in [0.29, 0.717) is 11.1 Å². The standard InChI is InChI=1S/C59H42O4/c1-2-3-4-5-6-7-16-42-37-52(43-30-25-40(26-31-43)29-34-49-47-19-10-8-17-45(47)39-46-18-9-11-20-48(46)49)56(58(60)61)53(38-42)44-32-27-41(28-33-44)35-36-59-54-23-14-12-21-50(54)57(62-63-59)51-22-13-15-24-55(51)59/h8-15,17-28,30-33,37-39,57H,2-6H2,1H3,(H,60,61). The van der Waals surface area contributed by atoms with E-state index in [1.54, 1.807) is 0 Å². The second-order valence-electron chi connectivity index (χ2n) is 16.1. The van der Waals surface area contributed by atoms with E-state index in [9.17, 15) is 9.90 Å². The minimum Gasteiger partial charge on any atom is -0.478 e. The molecule has 2 heterocycles. The Labute approximate surface area is 368 Å². The monoisotopic (exact) mass is 814 g/mol. The number of hydrogen-bond acceptors (Lipinski definition) is 3. The van der Waals surface area contributed by atoms with Gasteiger partial charge < -0.3 is 5.11 Å². The summed E-state index contributed by atoms with van der Waals surface area (Å²) in [5.74, 6) is 19.4. The molecule has 8 aromatic rings. The molecule has 0 saturated heterocycles. The van der Waals surface area contributed by atoms with Gasteiger partial charge in [0.1, 0.15) is 6.10 Å². The average Bonchev–Trinajstić information content (AvgIpc) is 3.33. The van der Waals surface area contributed by atoms with E-state index in [4.69, 9.17) is 9.78 Å². The van der Waals surface area contributed by atoms with Crippen molar-refractivity contribution < 1.29 is 19.7 Å². The number of carbonyl (C=O) groups is 1. The lowest BCUT2D eigenvalue weighted by molar-refractivity contribution is -0.381. The molecule has 4 nitrogen and oxygen atoms in total. The summed E-state index contributed by atoms with van der Waals surface area (Å²) in [7, 11) is 0. The smallest absolute Gasteiger partial charge is 0.336 e. The van der Waals surface area contributed by atoms with Crippen LogP contribution in [0.2, 0.25) is 0 Å². The maximum Gasteiger partial charge on any atom is 0.336 e. The first-order chi connectivity index (χ1) is 31.0. The average molecular weight is 815 g/mol. The number of rotatable bonds is 7. The summed E-state index contributed by atoms with van der Waals surface area (Å²) in [6, 6.07) is 54.5. The predicted octanol–water partition coefficient (Wildman–Crippen LogP) is 13.4. The summed E-state index contributed by atoms with van der Waals surface area (Å²) in [6.07, 6.45) is 5.00. The third-order valence-electron chi connectivity index (χ3n) is 12.1. The van der Waals surface area contributed by atoms with Crippen molar-refractivity contribution in [3.8, 4) is 57.8 Å². The topological polar surface area (TPSA) is 55.8 Å². The van der Waals surface area contributed by atoms with Gasteiger partial charge in [-0.3, -0.25) is 0 Å². The zero-order valence-electron chi connectivity index (χ0n) is 34.9. The van der Waals surface area contributed by atoms with Crippen molar-refractivity contribution in [1.82, 2.24) is 0 Å². The molecule has 1 aliphatic carbocycles. The van der Waals surface area contributed by atoms with Crippen LogP contribution in [0.15, 0.2) is 164 Å². The molecule has 63 heavy (non-hydrogen) atoms. The third kappa shape index (κ3) is 7.45. The Balaban J connectivity index is 1.01. The Bertz CT molecular complexity index is 3170. The normalized spacial score (nSPS) is 15.5. The van der Waals surface area contributed by atoms with Crippen LogP contribution in [0.1, 0.15) is 100.0 Å². The van der Waals surface area contributed by atoms with E-state index in [1.807, 2.05) is 109 Å². The number of carboxylic acid groups (broad SMARTS) is 1. The Kier molecular flexibility index (Phi) is 10.7. The molecule has 0 aromatic heterocycles. The van der Waals surface area contributed by atoms with E-state index >= 15 is 0 Å². The lowest BCUT2D eigenvalue weighted by Gasteiger charge is -2.44. The summed E-state index contributed by atoms with van der Waals surface area (Å²) in [6.45, 7) is 2.20. The van der Waals surface area contributed by atoms with Crippen LogP contribution in [0.25, 0.3) is 43.8 Å². The van der Waals surface area contributed by atoms with E-state index in [2.05, 4.69) is 97.0 Å². The van der Waals surface area contributed by atoms with Crippen molar-refractivity contribution in [1.29, 1.82) is 0 Å². The van der Waals surface area contributed by atoms with Gasteiger partial charge in [0.25, 0.3) is 0 Å². The highest BCUT2D eigenvalue weighted by Gasteiger charge is 2.50. The highest BCUT2D eigenvalue weighted by atomic mass is 17.2. The number of fused-ring (bicyclic) bond motifs is 3. The van der Waals surface area contributed by atoms with Crippen molar-refractivity contribution in [2.45, 2.75) is 50.7 Å². The Morgan fingerprint density at radius 3 is 1.73 bits per heavy atom. The van der Waals surface area contributed by atoms with Gasteiger partial charge in [-0.25, -0.2) is 14.6 Å². The number of carboxylic acids is 1. The molecule has 0 amide bonds. The largest absolute Gasteiger partial charge is 0.478 e. The van der Waals surface area contributed by atoms with Gasteiger partial charge >= 0.3 is 5.97 Å². The maximum atomic E-state index is 13.3. The molecule has 0 unspecified atom stereocenters. The maximum absolute atomic E-state index is 13.3. The van der Waals surface area contributed by atoms with Crippen LogP contribution in [-0.2, 0) is 15.4 Å². The molecular weight excluding hydrogens is 773 g/mol. The quantitative estimate of drug-likeness (QED) is 0.0754. The molecule has 2 bridgehead atoms. The van der Waals surface area contributed by atoms with Gasteiger partial charge in [-0.15, -0.1) is 0 Å². The number of benzene rings is 8. The Morgan fingerprint density at radius 1 is 0.587 bits per heavy atom. The van der Waals surface area contributed by atoms with Crippen LogP contribution in [0, 0.1) is 35.5 Å². The summed E-state index contributed by atoms with van der Waals surface area (Å²) < 4.78 is 0. The predicted molar refractivity (Wildman–Crippen MR) is 252 cm³/mol. The Hall–Kier alpha value is -7.65.